The van der Waals surface area contributed by atoms with Crippen LogP contribution in [0.1, 0.15) is 5.82 Å². The summed E-state index contributed by atoms with van der Waals surface area (Å²) in [5.74, 6) is 1.24. The second-order valence-corrected chi connectivity index (χ2v) is 2.58. The number of hydrogen-bond donors (Lipinski definition) is 1. The summed E-state index contributed by atoms with van der Waals surface area (Å²) >= 11 is 0. The second-order valence-electron chi connectivity index (χ2n) is 2.58. The lowest BCUT2D eigenvalue weighted by Crippen LogP contribution is -2.11. The monoisotopic (exact) mass is 180 g/mol. The van der Waals surface area contributed by atoms with E-state index in [1.807, 2.05) is 0 Å². The van der Waals surface area contributed by atoms with Gasteiger partial charge in [0, 0.05) is 0 Å². The molecule has 0 atom stereocenters. The van der Waals surface area contributed by atoms with Crippen LogP contribution in [0.3, 0.4) is 0 Å². The van der Waals surface area contributed by atoms with E-state index in [-0.39, 0.29) is 11.3 Å². The lowest BCUT2D eigenvalue weighted by atomic mass is 10.6. The lowest BCUT2D eigenvalue weighted by molar-refractivity contribution is 0.404. The quantitative estimate of drug-likeness (QED) is 0.656. The fourth-order valence-electron chi connectivity index (χ4n) is 1.08. The molecule has 0 unspecified atom stereocenters. The van der Waals surface area contributed by atoms with E-state index in [4.69, 9.17) is 4.74 Å². The Morgan fingerprint density at radius 2 is 2.38 bits per heavy atom. The van der Waals surface area contributed by atoms with Gasteiger partial charge in [-0.25, -0.2) is 4.52 Å². The van der Waals surface area contributed by atoms with Gasteiger partial charge in [0.2, 0.25) is 11.5 Å². The van der Waals surface area contributed by atoms with Gasteiger partial charge >= 0.3 is 0 Å². The molecule has 0 saturated carbocycles. The molecule has 2 aromatic heterocycles. The van der Waals surface area contributed by atoms with Crippen LogP contribution in [0.4, 0.5) is 0 Å². The van der Waals surface area contributed by atoms with E-state index in [1.54, 1.807) is 6.92 Å². The van der Waals surface area contributed by atoms with Crippen LogP contribution in [0.2, 0.25) is 0 Å². The molecule has 0 aliphatic carbocycles. The van der Waals surface area contributed by atoms with Gasteiger partial charge in [0.1, 0.15) is 5.82 Å². The lowest BCUT2D eigenvalue weighted by Gasteiger charge is -1.96. The van der Waals surface area contributed by atoms with Crippen LogP contribution in [0, 0.1) is 6.92 Å². The number of aromatic nitrogens is 4. The molecule has 2 rings (SSSR count). The van der Waals surface area contributed by atoms with Gasteiger partial charge in [0.25, 0.3) is 5.56 Å². The van der Waals surface area contributed by atoms with E-state index in [2.05, 4.69) is 15.1 Å². The Labute approximate surface area is 73.2 Å². The Morgan fingerprint density at radius 3 is 3.08 bits per heavy atom. The maximum atomic E-state index is 11.2. The highest BCUT2D eigenvalue weighted by molar-refractivity contribution is 5.29. The Morgan fingerprint density at radius 1 is 1.62 bits per heavy atom. The van der Waals surface area contributed by atoms with Gasteiger partial charge in [-0.05, 0) is 6.92 Å². The molecule has 0 amide bonds. The molecule has 1 N–H and O–H groups in total. The Kier molecular flexibility index (Phi) is 1.54. The van der Waals surface area contributed by atoms with E-state index in [0.29, 0.717) is 11.6 Å². The van der Waals surface area contributed by atoms with Crippen molar-refractivity contribution < 1.29 is 4.74 Å². The van der Waals surface area contributed by atoms with Gasteiger partial charge in [-0.15, -0.1) is 0 Å². The van der Waals surface area contributed by atoms with Crippen LogP contribution in [0.25, 0.3) is 5.78 Å². The fourth-order valence-corrected chi connectivity index (χ4v) is 1.08. The molecule has 0 saturated heterocycles. The molecule has 13 heavy (non-hydrogen) atoms. The molecule has 68 valence electrons. The van der Waals surface area contributed by atoms with Crippen LogP contribution in [0.15, 0.2) is 11.0 Å². The summed E-state index contributed by atoms with van der Waals surface area (Å²) in [6.07, 6.45) is 1.49. The third-order valence-electron chi connectivity index (χ3n) is 1.65. The summed E-state index contributed by atoms with van der Waals surface area (Å²) in [6.45, 7) is 1.75. The first-order valence-electron chi connectivity index (χ1n) is 3.71. The van der Waals surface area contributed by atoms with Crippen LogP contribution in [0.5, 0.6) is 5.75 Å². The number of nitrogens with zero attached hydrogens (tertiary/aromatic N) is 3. The normalized spacial score (nSPS) is 10.6. The van der Waals surface area contributed by atoms with Gasteiger partial charge in [-0.1, -0.05) is 0 Å². The van der Waals surface area contributed by atoms with Crippen LogP contribution >= 0.6 is 0 Å². The van der Waals surface area contributed by atoms with E-state index in [0.717, 1.165) is 0 Å². The average Bonchev–Trinajstić information content (AvgIpc) is 2.42. The van der Waals surface area contributed by atoms with Gasteiger partial charge in [0.05, 0.1) is 13.3 Å². The van der Waals surface area contributed by atoms with Crippen molar-refractivity contribution >= 4 is 5.78 Å². The molecule has 6 heteroatoms. The summed E-state index contributed by atoms with van der Waals surface area (Å²) in [5, 5.41) is 4.02. The first kappa shape index (κ1) is 7.78. The largest absolute Gasteiger partial charge is 0.490 e. The minimum Gasteiger partial charge on any atom is -0.490 e. The molecular formula is C7H8N4O2. The van der Waals surface area contributed by atoms with E-state index in [9.17, 15) is 4.79 Å². The topological polar surface area (TPSA) is 72.3 Å². The van der Waals surface area contributed by atoms with Crippen LogP contribution in [-0.2, 0) is 0 Å². The highest BCUT2D eigenvalue weighted by atomic mass is 16.5. The predicted octanol–water partition coefficient (Wildman–Crippen LogP) is -0.265. The van der Waals surface area contributed by atoms with Crippen molar-refractivity contribution in [1.29, 1.82) is 0 Å². The number of H-pyrrole nitrogens is 1. The van der Waals surface area contributed by atoms with Crippen molar-refractivity contribution in [2.75, 3.05) is 7.11 Å². The van der Waals surface area contributed by atoms with Crippen molar-refractivity contribution in [2.45, 2.75) is 6.92 Å². The maximum absolute atomic E-state index is 11.2. The molecule has 0 bridgehead atoms. The number of ether oxygens (including phenoxy) is 1. The zero-order chi connectivity index (χ0) is 9.42. The minimum absolute atomic E-state index is 0.220. The van der Waals surface area contributed by atoms with Gasteiger partial charge in [0.15, 0.2) is 0 Å². The Balaban J connectivity index is 2.80. The zero-order valence-electron chi connectivity index (χ0n) is 7.24. The number of hydrogen-bond acceptors (Lipinski definition) is 4. The first-order valence-corrected chi connectivity index (χ1v) is 3.71. The van der Waals surface area contributed by atoms with Crippen molar-refractivity contribution in [2.24, 2.45) is 0 Å². The molecule has 6 nitrogen and oxygen atoms in total. The van der Waals surface area contributed by atoms with Gasteiger partial charge < -0.3 is 4.74 Å². The van der Waals surface area contributed by atoms with E-state index in [1.165, 1.54) is 17.8 Å². The van der Waals surface area contributed by atoms with Crippen molar-refractivity contribution in [3.05, 3.63) is 22.4 Å². The predicted molar refractivity (Wildman–Crippen MR) is 44.9 cm³/mol. The molecule has 2 heterocycles. The smallest absolute Gasteiger partial charge is 0.294 e. The summed E-state index contributed by atoms with van der Waals surface area (Å²) < 4.78 is 6.30. The van der Waals surface area contributed by atoms with E-state index < -0.39 is 0 Å². The molecule has 0 spiro atoms. The molecule has 0 aromatic carbocycles. The number of nitrogens with one attached hydrogen (secondary N) is 1. The summed E-state index contributed by atoms with van der Waals surface area (Å²) in [7, 11) is 1.43. The van der Waals surface area contributed by atoms with Crippen LogP contribution < -0.4 is 10.3 Å². The minimum atomic E-state index is -0.303. The van der Waals surface area contributed by atoms with E-state index >= 15 is 0 Å². The molecule has 2 aromatic rings. The van der Waals surface area contributed by atoms with Crippen molar-refractivity contribution in [3.63, 3.8) is 0 Å². The number of aryl methyl sites for hydroxylation is 1. The third kappa shape index (κ3) is 1.16. The van der Waals surface area contributed by atoms with Gasteiger partial charge in [-0.2, -0.15) is 10.1 Å². The van der Waals surface area contributed by atoms with Crippen molar-refractivity contribution in [1.82, 2.24) is 19.6 Å². The molecule has 0 aliphatic heterocycles. The van der Waals surface area contributed by atoms with Crippen LogP contribution in [-0.4, -0.2) is 26.7 Å². The highest BCUT2D eigenvalue weighted by Gasteiger charge is 2.04. The zero-order valence-corrected chi connectivity index (χ0v) is 7.24. The standard InChI is InChI=1S/C7H8N4O2/c1-4-8-7-9-6(12)5(13-2)3-11(7)10-4/h3H,1-2H3,(H,8,9,10,12). The van der Waals surface area contributed by atoms with Crippen molar-refractivity contribution in [3.8, 4) is 5.75 Å². The van der Waals surface area contributed by atoms with Gasteiger partial charge in [-0.3, -0.25) is 9.78 Å². The number of fused-ring (bicyclic) bond motifs is 1. The average molecular weight is 180 g/mol. The number of aromatic amines is 1. The highest BCUT2D eigenvalue weighted by Crippen LogP contribution is 2.01. The molecule has 0 fully saturated rings. The third-order valence-corrected chi connectivity index (χ3v) is 1.65. The first-order chi connectivity index (χ1) is 6.20. The fraction of sp³-hybridized carbons (Fsp3) is 0.286. The summed E-state index contributed by atoms with van der Waals surface area (Å²) in [4.78, 5) is 17.7. The molecule has 0 aliphatic rings. The number of methoxy groups -OCH3 is 1. The maximum Gasteiger partial charge on any atom is 0.294 e. The SMILES string of the molecule is COc1cn2nc(C)nc2[nH]c1=O. The Bertz CT molecular complexity index is 499. The Hall–Kier alpha value is -1.85. The summed E-state index contributed by atoms with van der Waals surface area (Å²) in [6, 6.07) is 0. The second kappa shape index (κ2) is 2.58. The molecule has 0 radical (unpaired) electrons. The molecular weight excluding hydrogens is 172 g/mol. The summed E-state index contributed by atoms with van der Waals surface area (Å²) in [5.41, 5.74) is -0.303. The number of rotatable bonds is 1.